The molecule has 0 spiro atoms. The fraction of sp³-hybridized carbons (Fsp3) is 0.0833. The van der Waals surface area contributed by atoms with Gasteiger partial charge in [-0.05, 0) is 29.8 Å². The molecule has 0 fully saturated rings. The summed E-state index contributed by atoms with van der Waals surface area (Å²) < 4.78 is 20.6. The van der Waals surface area contributed by atoms with Crippen LogP contribution >= 0.6 is 11.6 Å². The van der Waals surface area contributed by atoms with Gasteiger partial charge in [0.15, 0.2) is 5.43 Å². The van der Waals surface area contributed by atoms with Crippen molar-refractivity contribution in [3.63, 3.8) is 0 Å². The Hall–Kier alpha value is -3.44. The van der Waals surface area contributed by atoms with Crippen LogP contribution in [0.3, 0.4) is 0 Å². The highest BCUT2D eigenvalue weighted by atomic mass is 35.5. The van der Waals surface area contributed by atoms with E-state index in [-0.39, 0.29) is 39.8 Å². The number of amides is 1. The van der Waals surface area contributed by atoms with Crippen LogP contribution in [0.25, 0.3) is 11.0 Å². The second kappa shape index (κ2) is 7.11. The minimum absolute atomic E-state index is 0.0565. The standard InChI is InChI=1S/C24H15ClFNO3/c25-15-10-11-19-17(12-15)22(28)20-21(16-8-4-5-9-18(16)26)27(24(29)23(20)30-19)13-14-6-2-1-3-7-14/h1-12,21H,13H2. The normalized spacial score (nSPS) is 15.6. The zero-order valence-electron chi connectivity index (χ0n) is 15.6. The average molecular weight is 420 g/mol. The van der Waals surface area contributed by atoms with Crippen molar-refractivity contribution in [2.75, 3.05) is 0 Å². The highest BCUT2D eigenvalue weighted by molar-refractivity contribution is 6.31. The summed E-state index contributed by atoms with van der Waals surface area (Å²) in [5.41, 5.74) is 1.13. The molecule has 3 aromatic carbocycles. The lowest BCUT2D eigenvalue weighted by Crippen LogP contribution is -2.29. The lowest BCUT2D eigenvalue weighted by molar-refractivity contribution is 0.0712. The average Bonchev–Trinajstić information content (AvgIpc) is 3.02. The van der Waals surface area contributed by atoms with Crippen LogP contribution < -0.4 is 5.43 Å². The number of hydrogen-bond acceptors (Lipinski definition) is 3. The third kappa shape index (κ3) is 2.90. The van der Waals surface area contributed by atoms with E-state index in [4.69, 9.17) is 16.0 Å². The van der Waals surface area contributed by atoms with Crippen LogP contribution in [0.4, 0.5) is 4.39 Å². The maximum atomic E-state index is 14.8. The Morgan fingerprint density at radius 1 is 0.967 bits per heavy atom. The number of benzene rings is 3. The van der Waals surface area contributed by atoms with E-state index in [1.54, 1.807) is 30.3 Å². The second-order valence-electron chi connectivity index (χ2n) is 7.16. The third-order valence-corrected chi connectivity index (χ3v) is 5.56. The molecule has 4 nitrogen and oxygen atoms in total. The number of carbonyl (C=O) groups excluding carboxylic acids is 1. The molecular weight excluding hydrogens is 405 g/mol. The molecule has 2 heterocycles. The molecule has 0 bridgehead atoms. The number of rotatable bonds is 3. The van der Waals surface area contributed by atoms with Crippen LogP contribution in [0.2, 0.25) is 5.02 Å². The predicted molar refractivity (Wildman–Crippen MR) is 112 cm³/mol. The molecular formula is C24H15ClFNO3. The van der Waals surface area contributed by atoms with E-state index in [9.17, 15) is 14.0 Å². The monoisotopic (exact) mass is 419 g/mol. The Morgan fingerprint density at radius 2 is 1.70 bits per heavy atom. The smallest absolute Gasteiger partial charge is 0.291 e. The first-order chi connectivity index (χ1) is 14.5. The van der Waals surface area contributed by atoms with Gasteiger partial charge in [-0.3, -0.25) is 9.59 Å². The van der Waals surface area contributed by atoms with E-state index in [1.807, 2.05) is 30.3 Å². The van der Waals surface area contributed by atoms with E-state index >= 15 is 0 Å². The fourth-order valence-electron chi connectivity index (χ4n) is 3.96. The molecule has 0 radical (unpaired) electrons. The van der Waals surface area contributed by atoms with Gasteiger partial charge in [-0.15, -0.1) is 0 Å². The van der Waals surface area contributed by atoms with Crippen molar-refractivity contribution in [1.29, 1.82) is 0 Å². The summed E-state index contributed by atoms with van der Waals surface area (Å²) in [6.45, 7) is 0.208. The van der Waals surface area contributed by atoms with Crippen molar-refractivity contribution < 1.29 is 13.6 Å². The summed E-state index contributed by atoms with van der Waals surface area (Å²) in [6, 6.07) is 19.3. The highest BCUT2D eigenvalue weighted by Gasteiger charge is 2.43. The van der Waals surface area contributed by atoms with E-state index in [0.29, 0.717) is 5.02 Å². The Morgan fingerprint density at radius 3 is 2.47 bits per heavy atom. The topological polar surface area (TPSA) is 50.5 Å². The molecule has 30 heavy (non-hydrogen) atoms. The van der Waals surface area contributed by atoms with Crippen LogP contribution in [-0.2, 0) is 6.54 Å². The molecule has 6 heteroatoms. The van der Waals surface area contributed by atoms with E-state index in [1.165, 1.54) is 17.0 Å². The number of fused-ring (bicyclic) bond motifs is 2. The van der Waals surface area contributed by atoms with E-state index < -0.39 is 17.8 Å². The first kappa shape index (κ1) is 18.6. The van der Waals surface area contributed by atoms with Crippen LogP contribution in [0.15, 0.2) is 82.0 Å². The third-order valence-electron chi connectivity index (χ3n) is 5.32. The summed E-state index contributed by atoms with van der Waals surface area (Å²) in [5.74, 6) is -0.998. The first-order valence-electron chi connectivity index (χ1n) is 9.40. The molecule has 0 saturated carbocycles. The maximum absolute atomic E-state index is 14.8. The minimum Gasteiger partial charge on any atom is -0.450 e. The number of halogens is 2. The zero-order chi connectivity index (χ0) is 20.8. The largest absolute Gasteiger partial charge is 0.450 e. The van der Waals surface area contributed by atoms with Gasteiger partial charge >= 0.3 is 0 Å². The summed E-state index contributed by atoms with van der Waals surface area (Å²) in [4.78, 5) is 28.2. The van der Waals surface area contributed by atoms with Gasteiger partial charge in [0.2, 0.25) is 5.76 Å². The van der Waals surface area contributed by atoms with Crippen LogP contribution in [0, 0.1) is 5.82 Å². The van der Waals surface area contributed by atoms with Gasteiger partial charge in [-0.2, -0.15) is 0 Å². The molecule has 1 atom stereocenters. The van der Waals surface area contributed by atoms with Crippen molar-refractivity contribution in [3.05, 3.63) is 116 Å². The Kier molecular flexibility index (Phi) is 4.40. The summed E-state index contributed by atoms with van der Waals surface area (Å²) in [7, 11) is 0. The van der Waals surface area contributed by atoms with Crippen LogP contribution in [0.1, 0.15) is 33.3 Å². The van der Waals surface area contributed by atoms with Crippen molar-refractivity contribution in [1.82, 2.24) is 4.90 Å². The molecule has 4 aromatic rings. The molecule has 1 aromatic heterocycles. The fourth-order valence-corrected chi connectivity index (χ4v) is 4.13. The molecule has 148 valence electrons. The highest BCUT2D eigenvalue weighted by Crippen LogP contribution is 2.40. The van der Waals surface area contributed by atoms with Crippen LogP contribution in [-0.4, -0.2) is 10.8 Å². The lowest BCUT2D eigenvalue weighted by atomic mass is 9.98. The number of nitrogens with zero attached hydrogens (tertiary/aromatic N) is 1. The SMILES string of the molecule is O=C1c2oc3ccc(Cl)cc3c(=O)c2C(c2ccccc2F)N1Cc1ccccc1. The van der Waals surface area contributed by atoms with Gasteiger partial charge in [0.1, 0.15) is 11.4 Å². The van der Waals surface area contributed by atoms with Crippen molar-refractivity contribution in [3.8, 4) is 0 Å². The summed E-state index contributed by atoms with van der Waals surface area (Å²) in [6.07, 6.45) is 0. The molecule has 0 saturated heterocycles. The Labute approximate surface area is 176 Å². The first-order valence-corrected chi connectivity index (χ1v) is 9.78. The van der Waals surface area contributed by atoms with Gasteiger partial charge in [-0.25, -0.2) is 4.39 Å². The molecule has 1 aliphatic rings. The number of hydrogen-bond donors (Lipinski definition) is 0. The van der Waals surface area contributed by atoms with Gasteiger partial charge in [0.25, 0.3) is 5.91 Å². The quantitative estimate of drug-likeness (QED) is 0.451. The van der Waals surface area contributed by atoms with Crippen LogP contribution in [0.5, 0.6) is 0 Å². The molecule has 5 rings (SSSR count). The van der Waals surface area contributed by atoms with E-state index in [0.717, 1.165) is 5.56 Å². The lowest BCUT2D eigenvalue weighted by Gasteiger charge is -2.25. The van der Waals surface area contributed by atoms with Crippen molar-refractivity contribution in [2.45, 2.75) is 12.6 Å². The minimum atomic E-state index is -0.895. The molecule has 1 aliphatic heterocycles. The summed E-state index contributed by atoms with van der Waals surface area (Å²) >= 11 is 6.07. The molecule has 1 amide bonds. The maximum Gasteiger partial charge on any atom is 0.291 e. The van der Waals surface area contributed by atoms with Crippen molar-refractivity contribution >= 4 is 28.5 Å². The predicted octanol–water partition coefficient (Wildman–Crippen LogP) is 5.33. The van der Waals surface area contributed by atoms with Gasteiger partial charge in [0.05, 0.1) is 17.0 Å². The molecule has 0 N–H and O–H groups in total. The van der Waals surface area contributed by atoms with E-state index in [2.05, 4.69) is 0 Å². The molecule has 1 unspecified atom stereocenters. The molecule has 0 aliphatic carbocycles. The zero-order valence-corrected chi connectivity index (χ0v) is 16.4. The Bertz CT molecular complexity index is 1350. The Balaban J connectivity index is 1.77. The van der Waals surface area contributed by atoms with Gasteiger partial charge in [0, 0.05) is 17.1 Å². The number of carbonyl (C=O) groups is 1. The summed E-state index contributed by atoms with van der Waals surface area (Å²) in [5, 5.41) is 0.639. The van der Waals surface area contributed by atoms with Gasteiger partial charge < -0.3 is 9.32 Å². The van der Waals surface area contributed by atoms with Gasteiger partial charge in [-0.1, -0.05) is 60.1 Å². The second-order valence-corrected chi connectivity index (χ2v) is 7.59. The van der Waals surface area contributed by atoms with Crippen molar-refractivity contribution in [2.24, 2.45) is 0 Å².